The molecule has 23 heavy (non-hydrogen) atoms. The minimum atomic E-state index is -0.755. The number of rotatable bonds is 7. The number of hydrogen-bond donors (Lipinski definition) is 3. The first-order valence-electron chi connectivity index (χ1n) is 7.57. The Labute approximate surface area is 136 Å². The molecular formula is C15H27N3O5. The number of ether oxygens (including phenoxy) is 1. The molecule has 0 rings (SSSR count). The van der Waals surface area contributed by atoms with Crippen molar-refractivity contribution in [1.29, 1.82) is 0 Å². The van der Waals surface area contributed by atoms with Gasteiger partial charge in [-0.1, -0.05) is 13.8 Å². The summed E-state index contributed by atoms with van der Waals surface area (Å²) in [6.07, 6.45) is 0.430. The summed E-state index contributed by atoms with van der Waals surface area (Å²) in [4.78, 5) is 45.2. The van der Waals surface area contributed by atoms with Gasteiger partial charge in [-0.2, -0.15) is 0 Å². The third kappa shape index (κ3) is 11.1. The lowest BCUT2D eigenvalue weighted by Gasteiger charge is -2.19. The number of carbonyl (C=O) groups is 4. The van der Waals surface area contributed by atoms with Crippen LogP contribution in [0.15, 0.2) is 0 Å². The van der Waals surface area contributed by atoms with Gasteiger partial charge in [-0.05, 0) is 33.1 Å². The molecule has 0 heterocycles. The van der Waals surface area contributed by atoms with Gasteiger partial charge in [-0.3, -0.25) is 15.0 Å². The van der Waals surface area contributed by atoms with Crippen molar-refractivity contribution in [2.24, 2.45) is 5.92 Å². The van der Waals surface area contributed by atoms with Gasteiger partial charge in [-0.15, -0.1) is 0 Å². The molecule has 1 unspecified atom stereocenters. The molecule has 0 fully saturated rings. The highest BCUT2D eigenvalue weighted by Gasteiger charge is 2.17. The molecule has 0 radical (unpaired) electrons. The van der Waals surface area contributed by atoms with Crippen molar-refractivity contribution in [1.82, 2.24) is 16.2 Å². The molecule has 0 spiro atoms. The van der Waals surface area contributed by atoms with Crippen LogP contribution in [-0.2, 0) is 19.1 Å². The molecule has 1 atom stereocenters. The Bertz CT molecular complexity index is 429. The van der Waals surface area contributed by atoms with E-state index in [9.17, 15) is 19.2 Å². The molecule has 3 amide bonds. The van der Waals surface area contributed by atoms with Crippen molar-refractivity contribution in [2.75, 3.05) is 0 Å². The van der Waals surface area contributed by atoms with E-state index in [1.54, 1.807) is 20.8 Å². The summed E-state index contributed by atoms with van der Waals surface area (Å²) in [5, 5.41) is 2.59. The van der Waals surface area contributed by atoms with Crippen molar-refractivity contribution < 1.29 is 23.9 Å². The van der Waals surface area contributed by atoms with Gasteiger partial charge >= 0.3 is 6.09 Å². The minimum Gasteiger partial charge on any atom is -0.443 e. The second-order valence-corrected chi connectivity index (χ2v) is 6.50. The molecule has 0 aromatic heterocycles. The van der Waals surface area contributed by atoms with E-state index in [4.69, 9.17) is 4.74 Å². The Morgan fingerprint density at radius 2 is 1.61 bits per heavy atom. The van der Waals surface area contributed by atoms with Crippen LogP contribution in [0.2, 0.25) is 0 Å². The summed E-state index contributed by atoms with van der Waals surface area (Å²) < 4.78 is 4.95. The summed E-state index contributed by atoms with van der Waals surface area (Å²) in [5.74, 6) is -0.707. The van der Waals surface area contributed by atoms with Crippen LogP contribution < -0.4 is 16.2 Å². The molecule has 0 aliphatic carbocycles. The second-order valence-electron chi connectivity index (χ2n) is 6.50. The number of nitrogens with one attached hydrogen (secondary N) is 3. The molecule has 0 aliphatic rings. The summed E-state index contributed by atoms with van der Waals surface area (Å²) in [7, 11) is 0. The predicted molar refractivity (Wildman–Crippen MR) is 84.2 cm³/mol. The van der Waals surface area contributed by atoms with Gasteiger partial charge in [0.2, 0.25) is 11.8 Å². The average Bonchev–Trinajstić information content (AvgIpc) is 2.40. The average molecular weight is 329 g/mol. The first kappa shape index (κ1) is 20.9. The number of aldehydes is 1. The lowest BCUT2D eigenvalue weighted by Crippen LogP contribution is -2.44. The Balaban J connectivity index is 3.92. The van der Waals surface area contributed by atoms with Crippen molar-refractivity contribution in [3.8, 4) is 0 Å². The SMILES string of the molecule is CC(C)C(C=O)NC(=O)CCCC(=O)NNC(=O)OC(C)(C)C. The topological polar surface area (TPSA) is 114 Å². The van der Waals surface area contributed by atoms with E-state index in [2.05, 4.69) is 16.2 Å². The summed E-state index contributed by atoms with van der Waals surface area (Å²) in [5.41, 5.74) is 3.67. The van der Waals surface area contributed by atoms with Crippen molar-refractivity contribution in [2.45, 2.75) is 65.5 Å². The van der Waals surface area contributed by atoms with E-state index in [-0.39, 0.29) is 24.7 Å². The predicted octanol–water partition coefficient (Wildman–Crippen LogP) is 1.05. The first-order valence-corrected chi connectivity index (χ1v) is 7.57. The van der Waals surface area contributed by atoms with Crippen LogP contribution in [0, 0.1) is 5.92 Å². The van der Waals surface area contributed by atoms with Crippen LogP contribution in [0.4, 0.5) is 4.79 Å². The third-order valence-electron chi connectivity index (χ3n) is 2.70. The molecule has 0 aliphatic heterocycles. The van der Waals surface area contributed by atoms with Crippen molar-refractivity contribution in [3.05, 3.63) is 0 Å². The number of hydrogen-bond acceptors (Lipinski definition) is 5. The van der Waals surface area contributed by atoms with Gasteiger partial charge in [0.15, 0.2) is 0 Å². The van der Waals surface area contributed by atoms with Gasteiger partial charge in [0.25, 0.3) is 0 Å². The highest BCUT2D eigenvalue weighted by atomic mass is 16.6. The smallest absolute Gasteiger partial charge is 0.426 e. The highest BCUT2D eigenvalue weighted by Crippen LogP contribution is 2.06. The number of carbonyl (C=O) groups excluding carboxylic acids is 4. The zero-order valence-corrected chi connectivity index (χ0v) is 14.4. The molecule has 0 aromatic carbocycles. The van der Waals surface area contributed by atoms with Gasteiger partial charge < -0.3 is 14.8 Å². The van der Waals surface area contributed by atoms with Gasteiger partial charge in [-0.25, -0.2) is 10.2 Å². The van der Waals surface area contributed by atoms with Crippen LogP contribution in [-0.4, -0.2) is 35.8 Å². The Kier molecular flexibility index (Phi) is 8.90. The quantitative estimate of drug-likeness (QED) is 0.477. The molecule has 0 saturated carbocycles. The lowest BCUT2D eigenvalue weighted by atomic mass is 10.1. The van der Waals surface area contributed by atoms with E-state index in [1.807, 2.05) is 13.8 Å². The normalized spacial score (nSPS) is 12.3. The lowest BCUT2D eigenvalue weighted by molar-refractivity contribution is -0.125. The van der Waals surface area contributed by atoms with Crippen LogP contribution in [0.25, 0.3) is 0 Å². The van der Waals surface area contributed by atoms with Gasteiger partial charge in [0, 0.05) is 12.8 Å². The summed E-state index contributed by atoms with van der Waals surface area (Å²) in [6, 6.07) is -0.523. The zero-order valence-electron chi connectivity index (χ0n) is 14.4. The maximum Gasteiger partial charge on any atom is 0.426 e. The molecule has 3 N–H and O–H groups in total. The largest absolute Gasteiger partial charge is 0.443 e. The molecule has 8 heteroatoms. The number of amides is 3. The molecule has 0 bridgehead atoms. The molecule has 8 nitrogen and oxygen atoms in total. The maximum absolute atomic E-state index is 11.6. The Hall–Kier alpha value is -2.12. The summed E-state index contributed by atoms with van der Waals surface area (Å²) in [6.45, 7) is 8.77. The van der Waals surface area contributed by atoms with E-state index < -0.39 is 23.6 Å². The fraction of sp³-hybridized carbons (Fsp3) is 0.733. The van der Waals surface area contributed by atoms with E-state index >= 15 is 0 Å². The van der Waals surface area contributed by atoms with Crippen LogP contribution in [0.3, 0.4) is 0 Å². The van der Waals surface area contributed by atoms with Crippen molar-refractivity contribution in [3.63, 3.8) is 0 Å². The molecular weight excluding hydrogens is 302 g/mol. The van der Waals surface area contributed by atoms with E-state index in [0.717, 1.165) is 0 Å². The zero-order chi connectivity index (χ0) is 18.0. The van der Waals surface area contributed by atoms with Gasteiger partial charge in [0.1, 0.15) is 11.9 Å². The highest BCUT2D eigenvalue weighted by molar-refractivity contribution is 5.81. The molecule has 0 saturated heterocycles. The monoisotopic (exact) mass is 329 g/mol. The summed E-state index contributed by atoms with van der Waals surface area (Å²) >= 11 is 0. The second kappa shape index (κ2) is 9.81. The third-order valence-corrected chi connectivity index (χ3v) is 2.70. The Morgan fingerprint density at radius 3 is 2.09 bits per heavy atom. The molecule has 132 valence electrons. The minimum absolute atomic E-state index is 0.0118. The van der Waals surface area contributed by atoms with E-state index in [0.29, 0.717) is 12.7 Å². The Morgan fingerprint density at radius 1 is 1.04 bits per heavy atom. The standard InChI is InChI=1S/C15H27N3O5/c1-10(2)11(9-19)16-12(20)7-6-8-13(21)17-18-14(22)23-15(3,4)5/h9-11H,6-8H2,1-5H3,(H,16,20)(H,17,21)(H,18,22). The van der Waals surface area contributed by atoms with Crippen molar-refractivity contribution >= 4 is 24.2 Å². The first-order chi connectivity index (χ1) is 10.5. The maximum atomic E-state index is 11.6. The van der Waals surface area contributed by atoms with Gasteiger partial charge in [0.05, 0.1) is 6.04 Å². The van der Waals surface area contributed by atoms with E-state index in [1.165, 1.54) is 0 Å². The van der Waals surface area contributed by atoms with Crippen LogP contribution >= 0.6 is 0 Å². The fourth-order valence-electron chi connectivity index (χ4n) is 1.51. The number of hydrazine groups is 1. The fourth-order valence-corrected chi connectivity index (χ4v) is 1.51. The van der Waals surface area contributed by atoms with Crippen LogP contribution in [0.1, 0.15) is 53.9 Å². The van der Waals surface area contributed by atoms with Crippen LogP contribution in [0.5, 0.6) is 0 Å². The molecule has 0 aromatic rings.